The van der Waals surface area contributed by atoms with E-state index in [0.29, 0.717) is 29.3 Å². The molecule has 2 heterocycles. The third-order valence-corrected chi connectivity index (χ3v) is 5.10. The molecule has 0 atom stereocenters. The summed E-state index contributed by atoms with van der Waals surface area (Å²) in [5, 5.41) is 0.519. The number of halogens is 2. The van der Waals surface area contributed by atoms with Crippen LogP contribution in [0.2, 0.25) is 0 Å². The van der Waals surface area contributed by atoms with Gasteiger partial charge in [-0.3, -0.25) is 9.88 Å². The number of aromatic nitrogens is 2. The molecule has 0 N–H and O–H groups in total. The smallest absolute Gasteiger partial charge is 0.303 e. The number of hydrogen-bond acceptors (Lipinski definition) is 5. The molecular weight excluding hydrogens is 400 g/mol. The van der Waals surface area contributed by atoms with E-state index < -0.39 is 11.6 Å². The average Bonchev–Trinajstić information content (AvgIpc) is 3.24. The first-order chi connectivity index (χ1) is 15.1. The number of fused-ring (bicyclic) bond motifs is 2. The summed E-state index contributed by atoms with van der Waals surface area (Å²) in [5.74, 6) is -1.22. The third-order valence-electron chi connectivity index (χ3n) is 5.10. The van der Waals surface area contributed by atoms with Gasteiger partial charge in [-0.05, 0) is 48.0 Å². The molecule has 5 rings (SSSR count). The summed E-state index contributed by atoms with van der Waals surface area (Å²) >= 11 is 0. The fourth-order valence-electron chi connectivity index (χ4n) is 3.55. The van der Waals surface area contributed by atoms with Crippen LogP contribution < -0.4 is 9.64 Å². The highest BCUT2D eigenvalue weighted by Gasteiger charge is 2.20. The molecule has 0 spiro atoms. The maximum atomic E-state index is 14.3. The predicted octanol–water partition coefficient (Wildman–Crippen LogP) is 6.00. The van der Waals surface area contributed by atoms with Crippen LogP contribution >= 0.6 is 0 Å². The van der Waals surface area contributed by atoms with E-state index in [1.165, 1.54) is 12.3 Å². The van der Waals surface area contributed by atoms with Gasteiger partial charge in [-0.25, -0.2) is 8.78 Å². The standard InChI is InChI=1S/C24H17F2N3O2/c1-30-17-6-4-5-16(13-17)29(24-28-20-7-2-3-8-21(20)31-24)14-15-11-12-27-23-18(15)9-10-19(25)22(23)26/h2-13H,14H2,1H3. The Morgan fingerprint density at radius 3 is 2.71 bits per heavy atom. The van der Waals surface area contributed by atoms with Gasteiger partial charge in [0.2, 0.25) is 0 Å². The van der Waals surface area contributed by atoms with Gasteiger partial charge in [0.25, 0.3) is 0 Å². The second kappa shape index (κ2) is 7.68. The van der Waals surface area contributed by atoms with Crippen molar-refractivity contribution >= 4 is 33.7 Å². The van der Waals surface area contributed by atoms with Crippen molar-refractivity contribution in [2.24, 2.45) is 0 Å². The molecular formula is C24H17F2N3O2. The van der Waals surface area contributed by atoms with Crippen LogP contribution in [0.1, 0.15) is 5.56 Å². The molecule has 0 fully saturated rings. The number of rotatable bonds is 5. The zero-order valence-corrected chi connectivity index (χ0v) is 16.5. The van der Waals surface area contributed by atoms with Gasteiger partial charge in [-0.2, -0.15) is 4.98 Å². The number of hydrogen-bond donors (Lipinski definition) is 0. The summed E-state index contributed by atoms with van der Waals surface area (Å²) in [6.07, 6.45) is 1.47. The minimum absolute atomic E-state index is 0.0133. The lowest BCUT2D eigenvalue weighted by Crippen LogP contribution is -2.17. The largest absolute Gasteiger partial charge is 0.497 e. The number of nitrogens with zero attached hydrogens (tertiary/aromatic N) is 3. The normalized spacial score (nSPS) is 11.2. The Kier molecular flexibility index (Phi) is 4.71. The molecule has 0 aliphatic carbocycles. The van der Waals surface area contributed by atoms with Crippen LogP contribution in [0.5, 0.6) is 5.75 Å². The van der Waals surface area contributed by atoms with Crippen LogP contribution in [0, 0.1) is 11.6 Å². The number of methoxy groups -OCH3 is 1. The van der Waals surface area contributed by atoms with E-state index in [4.69, 9.17) is 9.15 Å². The van der Waals surface area contributed by atoms with E-state index in [0.717, 1.165) is 22.8 Å². The lowest BCUT2D eigenvalue weighted by molar-refractivity contribution is 0.415. The van der Waals surface area contributed by atoms with Crippen molar-refractivity contribution in [3.05, 3.63) is 90.1 Å². The molecule has 3 aromatic carbocycles. The van der Waals surface area contributed by atoms with Gasteiger partial charge < -0.3 is 9.15 Å². The van der Waals surface area contributed by atoms with Gasteiger partial charge in [0, 0.05) is 23.3 Å². The molecule has 7 heteroatoms. The van der Waals surface area contributed by atoms with Gasteiger partial charge in [-0.15, -0.1) is 0 Å². The fourth-order valence-corrected chi connectivity index (χ4v) is 3.55. The van der Waals surface area contributed by atoms with Crippen molar-refractivity contribution in [2.75, 3.05) is 12.0 Å². The van der Waals surface area contributed by atoms with E-state index in [2.05, 4.69) is 9.97 Å². The first kappa shape index (κ1) is 19.0. The summed E-state index contributed by atoms with van der Waals surface area (Å²) in [6.45, 7) is 0.296. The van der Waals surface area contributed by atoms with Gasteiger partial charge in [0.1, 0.15) is 16.8 Å². The second-order valence-corrected chi connectivity index (χ2v) is 6.98. The maximum absolute atomic E-state index is 14.3. The maximum Gasteiger partial charge on any atom is 0.303 e. The highest BCUT2D eigenvalue weighted by atomic mass is 19.2. The minimum atomic E-state index is -0.964. The number of ether oxygens (including phenoxy) is 1. The van der Waals surface area contributed by atoms with E-state index in [1.54, 1.807) is 13.2 Å². The Morgan fingerprint density at radius 2 is 1.87 bits per heavy atom. The van der Waals surface area contributed by atoms with Gasteiger partial charge >= 0.3 is 6.01 Å². The molecule has 5 aromatic rings. The SMILES string of the molecule is COc1cccc(N(Cc2ccnc3c(F)c(F)ccc23)c2nc3ccccc3o2)c1. The van der Waals surface area contributed by atoms with Gasteiger partial charge in [0.05, 0.1) is 13.7 Å². The van der Waals surface area contributed by atoms with Crippen LogP contribution in [-0.2, 0) is 6.54 Å². The highest BCUT2D eigenvalue weighted by Crippen LogP contribution is 2.33. The summed E-state index contributed by atoms with van der Waals surface area (Å²) < 4.78 is 39.4. The van der Waals surface area contributed by atoms with Crippen LogP contribution in [0.15, 0.2) is 77.3 Å². The molecule has 2 aromatic heterocycles. The molecule has 31 heavy (non-hydrogen) atoms. The molecule has 0 aliphatic rings. The van der Waals surface area contributed by atoms with Crippen LogP contribution in [0.3, 0.4) is 0 Å². The Hall–Kier alpha value is -4.00. The number of para-hydroxylation sites is 2. The van der Waals surface area contributed by atoms with E-state index in [9.17, 15) is 8.78 Å². The van der Waals surface area contributed by atoms with Crippen molar-refractivity contribution in [1.82, 2.24) is 9.97 Å². The number of oxazole rings is 1. The lowest BCUT2D eigenvalue weighted by Gasteiger charge is -2.22. The molecule has 0 saturated carbocycles. The quantitative estimate of drug-likeness (QED) is 0.351. The summed E-state index contributed by atoms with van der Waals surface area (Å²) in [5.41, 5.74) is 2.88. The zero-order valence-electron chi connectivity index (χ0n) is 16.5. The van der Waals surface area contributed by atoms with Gasteiger partial charge in [-0.1, -0.05) is 18.2 Å². The van der Waals surface area contributed by atoms with Crippen LogP contribution in [-0.4, -0.2) is 17.1 Å². The second-order valence-electron chi connectivity index (χ2n) is 6.98. The molecule has 0 radical (unpaired) electrons. The zero-order chi connectivity index (χ0) is 21.4. The van der Waals surface area contributed by atoms with E-state index >= 15 is 0 Å². The third kappa shape index (κ3) is 3.44. The van der Waals surface area contributed by atoms with Crippen molar-refractivity contribution in [3.8, 4) is 5.75 Å². The number of benzene rings is 3. The van der Waals surface area contributed by atoms with E-state index in [-0.39, 0.29) is 5.52 Å². The fraction of sp³-hybridized carbons (Fsp3) is 0.0833. The van der Waals surface area contributed by atoms with Crippen molar-refractivity contribution in [2.45, 2.75) is 6.54 Å². The molecule has 0 saturated heterocycles. The molecule has 154 valence electrons. The minimum Gasteiger partial charge on any atom is -0.497 e. The molecule has 0 aliphatic heterocycles. The van der Waals surface area contributed by atoms with Crippen molar-refractivity contribution in [3.63, 3.8) is 0 Å². The molecule has 0 unspecified atom stereocenters. The first-order valence-electron chi connectivity index (χ1n) is 9.63. The van der Waals surface area contributed by atoms with Crippen molar-refractivity contribution < 1.29 is 17.9 Å². The summed E-state index contributed by atoms with van der Waals surface area (Å²) in [6, 6.07) is 19.7. The topological polar surface area (TPSA) is 51.4 Å². The van der Waals surface area contributed by atoms with Crippen molar-refractivity contribution in [1.29, 1.82) is 0 Å². The van der Waals surface area contributed by atoms with Crippen LogP contribution in [0.4, 0.5) is 20.5 Å². The van der Waals surface area contributed by atoms with E-state index in [1.807, 2.05) is 53.4 Å². The Labute approximate surface area is 176 Å². The lowest BCUT2D eigenvalue weighted by atomic mass is 10.1. The van der Waals surface area contributed by atoms with Crippen LogP contribution in [0.25, 0.3) is 22.0 Å². The Morgan fingerprint density at radius 1 is 1.00 bits per heavy atom. The predicted molar refractivity (Wildman–Crippen MR) is 115 cm³/mol. The Bertz CT molecular complexity index is 1370. The highest BCUT2D eigenvalue weighted by molar-refractivity contribution is 5.83. The molecule has 0 bridgehead atoms. The Balaban J connectivity index is 1.66. The summed E-state index contributed by atoms with van der Waals surface area (Å²) in [4.78, 5) is 10.5. The monoisotopic (exact) mass is 417 g/mol. The summed E-state index contributed by atoms with van der Waals surface area (Å²) in [7, 11) is 1.59. The number of pyridine rings is 1. The molecule has 5 nitrogen and oxygen atoms in total. The first-order valence-corrected chi connectivity index (χ1v) is 9.63. The van der Waals surface area contributed by atoms with Gasteiger partial charge in [0.15, 0.2) is 17.2 Å². The average molecular weight is 417 g/mol. The number of anilines is 2. The molecule has 0 amide bonds.